The van der Waals surface area contributed by atoms with Crippen molar-refractivity contribution in [2.45, 2.75) is 32.4 Å². The largest absolute Gasteiger partial charge is 0.416 e. The van der Waals surface area contributed by atoms with E-state index >= 15 is 0 Å². The van der Waals surface area contributed by atoms with Crippen LogP contribution in [0.15, 0.2) is 46.5 Å². The maximum absolute atomic E-state index is 12.7. The van der Waals surface area contributed by atoms with Gasteiger partial charge in [-0.1, -0.05) is 6.58 Å². The molecule has 33 heavy (non-hydrogen) atoms. The van der Waals surface area contributed by atoms with Crippen molar-refractivity contribution < 1.29 is 22.8 Å². The maximum atomic E-state index is 12.7. The Morgan fingerprint density at radius 2 is 1.67 bits per heavy atom. The van der Waals surface area contributed by atoms with E-state index in [1.54, 1.807) is 23.8 Å². The molecule has 0 atom stereocenters. The van der Waals surface area contributed by atoms with Crippen molar-refractivity contribution in [3.8, 4) is 0 Å². The molecule has 7 nitrogen and oxygen atoms in total. The van der Waals surface area contributed by atoms with Crippen molar-refractivity contribution in [1.82, 2.24) is 9.80 Å². The van der Waals surface area contributed by atoms with Gasteiger partial charge >= 0.3 is 12.2 Å². The molecule has 0 unspecified atom stereocenters. The van der Waals surface area contributed by atoms with Gasteiger partial charge in [0.05, 0.1) is 11.8 Å². The minimum absolute atomic E-state index is 0.0659. The highest BCUT2D eigenvalue weighted by Crippen LogP contribution is 2.40. The number of carbonyl (C=O) groups is 2. The number of nitrogens with one attached hydrogen (secondary N) is 1. The number of alkyl halides is 3. The average molecular weight is 464 g/mol. The summed E-state index contributed by atoms with van der Waals surface area (Å²) in [4.78, 5) is 36.9. The molecular formula is C23H28F3N5O2. The van der Waals surface area contributed by atoms with Gasteiger partial charge < -0.3 is 15.1 Å². The molecule has 1 aromatic rings. The fourth-order valence-electron chi connectivity index (χ4n) is 4.19. The number of hydrogen-bond donors (Lipinski definition) is 1. The number of hydrogen-bond acceptors (Lipinski definition) is 4. The number of carbonyl (C=O) groups excluding carboxylic acids is 2. The van der Waals surface area contributed by atoms with Gasteiger partial charge in [0.2, 0.25) is 0 Å². The average Bonchev–Trinajstić information content (AvgIpc) is 3.18. The first-order valence-electron chi connectivity index (χ1n) is 10.7. The highest BCUT2D eigenvalue weighted by Gasteiger charge is 2.43. The van der Waals surface area contributed by atoms with Crippen LogP contribution in [0.1, 0.15) is 31.7 Å². The van der Waals surface area contributed by atoms with Gasteiger partial charge in [-0.25, -0.2) is 4.79 Å². The third-order valence-electron chi connectivity index (χ3n) is 6.17. The quantitative estimate of drug-likeness (QED) is 0.679. The van der Waals surface area contributed by atoms with Crippen LogP contribution >= 0.6 is 0 Å². The van der Waals surface area contributed by atoms with Crippen LogP contribution in [0, 0.1) is 5.41 Å². The molecule has 1 N–H and O–H groups in total. The van der Waals surface area contributed by atoms with E-state index in [0.29, 0.717) is 37.6 Å². The van der Waals surface area contributed by atoms with Crippen molar-refractivity contribution in [3.63, 3.8) is 0 Å². The minimum Gasteiger partial charge on any atom is -0.337 e. The van der Waals surface area contributed by atoms with Gasteiger partial charge in [-0.15, -0.1) is 0 Å². The molecular weight excluding hydrogens is 435 g/mol. The number of urea groups is 1. The maximum Gasteiger partial charge on any atom is 0.416 e. The fourth-order valence-corrected chi connectivity index (χ4v) is 4.19. The molecule has 3 rings (SSSR count). The summed E-state index contributed by atoms with van der Waals surface area (Å²) in [6.07, 6.45) is -0.644. The van der Waals surface area contributed by atoms with Gasteiger partial charge in [0.25, 0.3) is 5.91 Å². The van der Waals surface area contributed by atoms with Crippen molar-refractivity contribution in [1.29, 1.82) is 0 Å². The predicted molar refractivity (Wildman–Crippen MR) is 122 cm³/mol. The minimum atomic E-state index is -4.42. The van der Waals surface area contributed by atoms with E-state index in [2.05, 4.69) is 21.9 Å². The fraction of sp³-hybridized carbons (Fsp3) is 0.478. The molecule has 2 saturated heterocycles. The molecule has 10 heteroatoms. The highest BCUT2D eigenvalue weighted by molar-refractivity contribution is 6.60. The summed E-state index contributed by atoms with van der Waals surface area (Å²) in [5.74, 6) is -0.174. The van der Waals surface area contributed by atoms with Crippen LogP contribution in [0.25, 0.3) is 0 Å². The summed E-state index contributed by atoms with van der Waals surface area (Å²) >= 11 is 0. The Hall–Kier alpha value is -3.17. The molecule has 1 aromatic carbocycles. The second-order valence-corrected chi connectivity index (χ2v) is 8.57. The van der Waals surface area contributed by atoms with Crippen LogP contribution in [-0.2, 0) is 11.0 Å². The lowest BCUT2D eigenvalue weighted by Crippen LogP contribution is -2.47. The Morgan fingerprint density at radius 1 is 1.09 bits per heavy atom. The lowest BCUT2D eigenvalue weighted by atomic mass is 9.77. The van der Waals surface area contributed by atoms with Crippen molar-refractivity contribution in [2.24, 2.45) is 15.4 Å². The Morgan fingerprint density at radius 3 is 2.18 bits per heavy atom. The van der Waals surface area contributed by atoms with E-state index in [4.69, 9.17) is 0 Å². The van der Waals surface area contributed by atoms with Crippen molar-refractivity contribution >= 4 is 29.6 Å². The molecule has 0 aliphatic carbocycles. The zero-order valence-electron chi connectivity index (χ0n) is 18.8. The van der Waals surface area contributed by atoms with Gasteiger partial charge in [-0.2, -0.15) is 13.2 Å². The Bertz CT molecular complexity index is 961. The first kappa shape index (κ1) is 24.5. The zero-order chi connectivity index (χ0) is 24.2. The van der Waals surface area contributed by atoms with E-state index in [1.807, 2.05) is 0 Å². The van der Waals surface area contributed by atoms with E-state index in [0.717, 1.165) is 31.4 Å². The smallest absolute Gasteiger partial charge is 0.337 e. The van der Waals surface area contributed by atoms with Crippen molar-refractivity contribution in [3.05, 3.63) is 42.1 Å². The molecule has 2 fully saturated rings. The molecule has 2 heterocycles. The predicted octanol–water partition coefficient (Wildman–Crippen LogP) is 4.23. The lowest BCUT2D eigenvalue weighted by molar-refractivity contribution is -0.137. The molecule has 0 aromatic heterocycles. The molecule has 178 valence electrons. The molecule has 0 radical (unpaired) electrons. The molecule has 2 aliphatic heterocycles. The highest BCUT2D eigenvalue weighted by atomic mass is 19.4. The van der Waals surface area contributed by atoms with Crippen LogP contribution in [0.2, 0.25) is 0 Å². The van der Waals surface area contributed by atoms with E-state index < -0.39 is 11.7 Å². The van der Waals surface area contributed by atoms with Crippen LogP contribution < -0.4 is 5.32 Å². The Labute approximate surface area is 191 Å². The van der Waals surface area contributed by atoms with Gasteiger partial charge in [0.1, 0.15) is 5.71 Å². The SMILES string of the molecule is C=C(C)N=CC(=NC)C(=O)N1CCC2(CCN(C(=O)Nc3ccc(C(F)(F)F)cc3)C2)CC1. The monoisotopic (exact) mass is 463 g/mol. The summed E-state index contributed by atoms with van der Waals surface area (Å²) in [5.41, 5.74) is 0.352. The number of aliphatic imine (C=N–C) groups is 2. The van der Waals surface area contributed by atoms with E-state index in [9.17, 15) is 22.8 Å². The lowest BCUT2D eigenvalue weighted by Gasteiger charge is -2.39. The van der Waals surface area contributed by atoms with Crippen LogP contribution in [0.4, 0.5) is 23.7 Å². The van der Waals surface area contributed by atoms with E-state index in [-0.39, 0.29) is 23.1 Å². The Balaban J connectivity index is 1.54. The summed E-state index contributed by atoms with van der Waals surface area (Å²) in [7, 11) is 1.55. The molecule has 0 bridgehead atoms. The number of likely N-dealkylation sites (tertiary alicyclic amines) is 2. The van der Waals surface area contributed by atoms with Crippen LogP contribution in [0.3, 0.4) is 0 Å². The topological polar surface area (TPSA) is 77.4 Å². The molecule has 1 spiro atoms. The number of piperidine rings is 1. The van der Waals surface area contributed by atoms with Gasteiger partial charge in [0.15, 0.2) is 0 Å². The summed E-state index contributed by atoms with van der Waals surface area (Å²) in [5, 5.41) is 2.67. The summed E-state index contributed by atoms with van der Waals surface area (Å²) < 4.78 is 38.1. The van der Waals surface area contributed by atoms with Crippen LogP contribution in [0.5, 0.6) is 0 Å². The zero-order valence-corrected chi connectivity index (χ0v) is 18.8. The first-order chi connectivity index (χ1) is 15.5. The van der Waals surface area contributed by atoms with E-state index in [1.165, 1.54) is 18.3 Å². The molecule has 0 saturated carbocycles. The number of nitrogens with zero attached hydrogens (tertiary/aromatic N) is 4. The Kier molecular flexibility index (Phi) is 7.24. The standard InChI is InChI=1S/C23H28F3N5O2/c1-16(2)28-14-19(27-3)20(32)30-11-8-22(9-12-30)10-13-31(15-22)21(33)29-18-6-4-17(5-7-18)23(24,25)26/h4-7,14H,1,8-13,15H2,2-3H3,(H,29,33). The van der Waals surface area contributed by atoms with Gasteiger partial charge in [-0.3, -0.25) is 14.8 Å². The third-order valence-corrected chi connectivity index (χ3v) is 6.17. The molecule has 2 aliphatic rings. The third kappa shape index (κ3) is 6.00. The van der Waals surface area contributed by atoms with Gasteiger partial charge in [-0.05, 0) is 55.9 Å². The number of amides is 3. The summed E-state index contributed by atoms with van der Waals surface area (Å²) in [6.45, 7) is 7.65. The van der Waals surface area contributed by atoms with Crippen LogP contribution in [-0.4, -0.2) is 66.9 Å². The van der Waals surface area contributed by atoms with Gasteiger partial charge in [0, 0.05) is 44.6 Å². The number of benzene rings is 1. The number of halogens is 3. The summed E-state index contributed by atoms with van der Waals surface area (Å²) in [6, 6.07) is 4.06. The number of allylic oxidation sites excluding steroid dienone is 1. The normalized spacial score (nSPS) is 18.8. The number of rotatable bonds is 4. The van der Waals surface area contributed by atoms with Crippen molar-refractivity contribution in [2.75, 3.05) is 38.5 Å². The second kappa shape index (κ2) is 9.76. The molecule has 3 amide bonds. The number of anilines is 1. The first-order valence-corrected chi connectivity index (χ1v) is 10.7. The second-order valence-electron chi connectivity index (χ2n) is 8.57.